The van der Waals surface area contributed by atoms with Crippen molar-refractivity contribution < 1.29 is 8.42 Å². The first-order valence-corrected chi connectivity index (χ1v) is 7.87. The van der Waals surface area contributed by atoms with Gasteiger partial charge in [0.25, 0.3) is 0 Å². The molecule has 20 heavy (non-hydrogen) atoms. The number of benzene rings is 1. The largest absolute Gasteiger partial charge is 0.313 e. The zero-order valence-corrected chi connectivity index (χ0v) is 12.1. The van der Waals surface area contributed by atoms with Crippen LogP contribution in [0.25, 0.3) is 0 Å². The zero-order chi connectivity index (χ0) is 14.4. The highest BCUT2D eigenvalue weighted by Crippen LogP contribution is 2.11. The summed E-state index contributed by atoms with van der Waals surface area (Å²) in [5.74, 6) is 0. The van der Waals surface area contributed by atoms with Crippen LogP contribution in [-0.4, -0.2) is 25.2 Å². The fraction of sp³-hybridized carbons (Fsp3) is 0.308. The fourth-order valence-corrected chi connectivity index (χ4v) is 2.71. The number of nitrogens with zero attached hydrogens (tertiary/aromatic N) is 1. The van der Waals surface area contributed by atoms with E-state index in [0.717, 1.165) is 24.2 Å². The molecular formula is C13H18N4O2S. The molecule has 1 aromatic heterocycles. The molecule has 0 aliphatic carbocycles. The second-order valence-electron chi connectivity index (χ2n) is 4.36. The van der Waals surface area contributed by atoms with Gasteiger partial charge in [0.2, 0.25) is 10.0 Å². The first kappa shape index (κ1) is 14.7. The zero-order valence-electron chi connectivity index (χ0n) is 11.3. The Kier molecular flexibility index (Phi) is 4.89. The predicted octanol–water partition coefficient (Wildman–Crippen LogP) is 0.998. The molecule has 0 aliphatic heterocycles. The van der Waals surface area contributed by atoms with Gasteiger partial charge in [0.1, 0.15) is 0 Å². The van der Waals surface area contributed by atoms with E-state index < -0.39 is 10.0 Å². The normalized spacial score (nSPS) is 11.7. The van der Waals surface area contributed by atoms with Crippen molar-refractivity contribution in [2.24, 2.45) is 0 Å². The van der Waals surface area contributed by atoms with Crippen LogP contribution in [0, 0.1) is 0 Å². The van der Waals surface area contributed by atoms with Gasteiger partial charge in [-0.2, -0.15) is 5.10 Å². The number of aromatic amines is 1. The molecule has 0 unspecified atom stereocenters. The Bertz CT molecular complexity index is 621. The molecule has 0 fully saturated rings. The van der Waals surface area contributed by atoms with Gasteiger partial charge in [0.05, 0.1) is 11.1 Å². The minimum Gasteiger partial charge on any atom is -0.313 e. The van der Waals surface area contributed by atoms with Crippen LogP contribution in [-0.2, 0) is 23.1 Å². The molecule has 0 spiro atoms. The van der Waals surface area contributed by atoms with E-state index in [1.807, 2.05) is 19.1 Å². The molecule has 0 saturated carbocycles. The van der Waals surface area contributed by atoms with E-state index in [0.29, 0.717) is 0 Å². The molecule has 1 heterocycles. The van der Waals surface area contributed by atoms with E-state index in [1.54, 1.807) is 24.5 Å². The van der Waals surface area contributed by atoms with Crippen LogP contribution in [0.5, 0.6) is 0 Å². The van der Waals surface area contributed by atoms with Crippen LogP contribution < -0.4 is 10.0 Å². The van der Waals surface area contributed by atoms with Crippen molar-refractivity contribution in [3.8, 4) is 0 Å². The Hall–Kier alpha value is -1.70. The Balaban J connectivity index is 2.01. The second kappa shape index (κ2) is 6.65. The summed E-state index contributed by atoms with van der Waals surface area (Å²) >= 11 is 0. The Morgan fingerprint density at radius 2 is 1.90 bits per heavy atom. The number of hydrogen-bond donors (Lipinski definition) is 3. The Morgan fingerprint density at radius 3 is 2.50 bits per heavy atom. The maximum Gasteiger partial charge on any atom is 0.240 e. The molecule has 2 rings (SSSR count). The molecule has 1 aromatic carbocycles. The van der Waals surface area contributed by atoms with Gasteiger partial charge in [0, 0.05) is 24.8 Å². The smallest absolute Gasteiger partial charge is 0.240 e. The van der Waals surface area contributed by atoms with Gasteiger partial charge < -0.3 is 5.32 Å². The maximum atomic E-state index is 12.1. The van der Waals surface area contributed by atoms with E-state index in [9.17, 15) is 8.42 Å². The summed E-state index contributed by atoms with van der Waals surface area (Å²) in [6.07, 6.45) is 3.24. The summed E-state index contributed by atoms with van der Waals surface area (Å²) in [5, 5.41) is 9.60. The van der Waals surface area contributed by atoms with Crippen LogP contribution in [0.2, 0.25) is 0 Å². The molecule has 3 N–H and O–H groups in total. The molecule has 0 atom stereocenters. The molecular weight excluding hydrogens is 276 g/mol. The number of sulfonamides is 1. The average Bonchev–Trinajstić information content (AvgIpc) is 2.97. The second-order valence-corrected chi connectivity index (χ2v) is 6.12. The quantitative estimate of drug-likeness (QED) is 0.711. The van der Waals surface area contributed by atoms with E-state index in [1.165, 1.54) is 0 Å². The molecule has 2 aromatic rings. The first-order chi connectivity index (χ1) is 9.62. The lowest BCUT2D eigenvalue weighted by atomic mass is 10.2. The predicted molar refractivity (Wildman–Crippen MR) is 76.4 cm³/mol. The number of H-pyrrole nitrogens is 1. The SMILES string of the molecule is CCNCc1ccc(S(=O)(=O)NCc2cn[nH]c2)cc1. The molecule has 7 heteroatoms. The van der Waals surface area contributed by atoms with Gasteiger partial charge >= 0.3 is 0 Å². The summed E-state index contributed by atoms with van der Waals surface area (Å²) in [7, 11) is -3.49. The highest BCUT2D eigenvalue weighted by Gasteiger charge is 2.13. The molecule has 0 saturated heterocycles. The van der Waals surface area contributed by atoms with Crippen molar-refractivity contribution in [3.63, 3.8) is 0 Å². The molecule has 108 valence electrons. The van der Waals surface area contributed by atoms with Crippen LogP contribution in [0.15, 0.2) is 41.6 Å². The monoisotopic (exact) mass is 294 g/mol. The molecule has 0 radical (unpaired) electrons. The van der Waals surface area contributed by atoms with Gasteiger partial charge in [-0.1, -0.05) is 19.1 Å². The summed E-state index contributed by atoms with van der Waals surface area (Å²) in [4.78, 5) is 0.265. The van der Waals surface area contributed by atoms with Gasteiger partial charge in [-0.15, -0.1) is 0 Å². The van der Waals surface area contributed by atoms with Crippen molar-refractivity contribution >= 4 is 10.0 Å². The minimum absolute atomic E-state index is 0.220. The lowest BCUT2D eigenvalue weighted by molar-refractivity contribution is 0.581. The summed E-state index contributed by atoms with van der Waals surface area (Å²) in [6, 6.07) is 6.86. The highest BCUT2D eigenvalue weighted by molar-refractivity contribution is 7.89. The van der Waals surface area contributed by atoms with E-state index in [4.69, 9.17) is 0 Å². The summed E-state index contributed by atoms with van der Waals surface area (Å²) < 4.78 is 26.7. The molecule has 0 aliphatic rings. The number of nitrogens with one attached hydrogen (secondary N) is 3. The summed E-state index contributed by atoms with van der Waals surface area (Å²) in [6.45, 7) is 3.86. The molecule has 0 bridgehead atoms. The van der Waals surface area contributed by atoms with Gasteiger partial charge in [0.15, 0.2) is 0 Å². The van der Waals surface area contributed by atoms with Gasteiger partial charge in [-0.05, 0) is 24.2 Å². The molecule has 0 amide bonds. The lowest BCUT2D eigenvalue weighted by Crippen LogP contribution is -2.23. The highest BCUT2D eigenvalue weighted by atomic mass is 32.2. The number of aromatic nitrogens is 2. The van der Waals surface area contributed by atoms with Crippen molar-refractivity contribution in [2.75, 3.05) is 6.54 Å². The summed E-state index contributed by atoms with van der Waals surface area (Å²) in [5.41, 5.74) is 1.85. The fourth-order valence-electron chi connectivity index (χ4n) is 1.69. The molecule has 6 nitrogen and oxygen atoms in total. The minimum atomic E-state index is -3.49. The number of rotatable bonds is 7. The third-order valence-corrected chi connectivity index (χ3v) is 4.25. The van der Waals surface area contributed by atoms with E-state index in [2.05, 4.69) is 20.2 Å². The van der Waals surface area contributed by atoms with Crippen molar-refractivity contribution in [2.45, 2.75) is 24.9 Å². The maximum absolute atomic E-state index is 12.1. The van der Waals surface area contributed by atoms with Crippen LogP contribution in [0.4, 0.5) is 0 Å². The van der Waals surface area contributed by atoms with Crippen molar-refractivity contribution in [3.05, 3.63) is 47.8 Å². The Morgan fingerprint density at radius 1 is 1.15 bits per heavy atom. The van der Waals surface area contributed by atoms with Crippen LogP contribution in [0.1, 0.15) is 18.1 Å². The third kappa shape index (κ3) is 3.89. The average molecular weight is 294 g/mol. The van der Waals surface area contributed by atoms with E-state index >= 15 is 0 Å². The topological polar surface area (TPSA) is 86.9 Å². The van der Waals surface area contributed by atoms with Crippen molar-refractivity contribution in [1.82, 2.24) is 20.2 Å². The van der Waals surface area contributed by atoms with Crippen LogP contribution >= 0.6 is 0 Å². The van der Waals surface area contributed by atoms with E-state index in [-0.39, 0.29) is 11.4 Å². The Labute approximate surface area is 118 Å². The number of hydrogen-bond acceptors (Lipinski definition) is 4. The van der Waals surface area contributed by atoms with Crippen LogP contribution in [0.3, 0.4) is 0 Å². The third-order valence-electron chi connectivity index (χ3n) is 2.83. The first-order valence-electron chi connectivity index (χ1n) is 6.39. The van der Waals surface area contributed by atoms with Gasteiger partial charge in [-0.25, -0.2) is 13.1 Å². The lowest BCUT2D eigenvalue weighted by Gasteiger charge is -2.07. The van der Waals surface area contributed by atoms with Crippen molar-refractivity contribution in [1.29, 1.82) is 0 Å². The standard InChI is InChI=1S/C13H18N4O2S/c1-2-14-7-11-3-5-13(6-4-11)20(18,19)17-10-12-8-15-16-9-12/h3-6,8-9,14,17H,2,7,10H2,1H3,(H,15,16). The van der Waals surface area contributed by atoms with Gasteiger partial charge in [-0.3, -0.25) is 5.10 Å².